The number of aliphatic hydroxyl groups is 1. The molecule has 0 aliphatic carbocycles. The summed E-state index contributed by atoms with van der Waals surface area (Å²) in [6.45, 7) is 1.14. The molecule has 1 aromatic carbocycles. The summed E-state index contributed by atoms with van der Waals surface area (Å²) < 4.78 is 1.78. The van der Waals surface area contributed by atoms with Crippen LogP contribution in [0.5, 0.6) is 0 Å². The fraction of sp³-hybridized carbons (Fsp3) is 0.444. The second-order valence-corrected chi connectivity index (χ2v) is 6.73. The first-order chi connectivity index (χ1) is 12.9. The molecule has 2 unspecified atom stereocenters. The van der Waals surface area contributed by atoms with Gasteiger partial charge in [-0.25, -0.2) is 4.98 Å². The number of rotatable bonds is 5. The maximum absolute atomic E-state index is 11.8. The highest BCUT2D eigenvalue weighted by molar-refractivity contribution is 5.95. The molecule has 0 spiro atoms. The third kappa shape index (κ3) is 3.77. The molecule has 1 aromatic heterocycles. The lowest BCUT2D eigenvalue weighted by molar-refractivity contribution is -0.384. The number of imidazole rings is 1. The Kier molecular flexibility index (Phi) is 5.41. The average molecular weight is 373 g/mol. The van der Waals surface area contributed by atoms with E-state index in [1.807, 2.05) is 11.9 Å². The molecule has 1 aliphatic heterocycles. The number of aromatic nitrogens is 2. The number of carbonyl (C=O) groups is 1. The first-order valence-corrected chi connectivity index (χ1v) is 8.83. The predicted molar refractivity (Wildman–Crippen MR) is 99.6 cm³/mol. The molecule has 144 valence electrons. The minimum Gasteiger partial charge on any atom is -0.385 e. The number of piperidine rings is 1. The van der Waals surface area contributed by atoms with Gasteiger partial charge in [0, 0.05) is 57.1 Å². The molecular formula is C18H23N5O4. The van der Waals surface area contributed by atoms with Crippen molar-refractivity contribution in [1.29, 1.82) is 0 Å². The Morgan fingerprint density at radius 1 is 1.48 bits per heavy atom. The Balaban J connectivity index is 1.86. The number of anilines is 1. The minimum atomic E-state index is -0.739. The molecule has 1 saturated heterocycles. The largest absolute Gasteiger partial charge is 0.385 e. The molecule has 1 fully saturated rings. The van der Waals surface area contributed by atoms with Crippen molar-refractivity contribution < 1.29 is 14.8 Å². The van der Waals surface area contributed by atoms with Gasteiger partial charge in [0.2, 0.25) is 0 Å². The quantitative estimate of drug-likeness (QED) is 0.608. The molecule has 9 heteroatoms. The summed E-state index contributed by atoms with van der Waals surface area (Å²) >= 11 is 0. The van der Waals surface area contributed by atoms with Crippen LogP contribution in [0.15, 0.2) is 30.6 Å². The highest BCUT2D eigenvalue weighted by Crippen LogP contribution is 2.35. The number of nitrogens with one attached hydrogen (secondary N) is 1. The summed E-state index contributed by atoms with van der Waals surface area (Å²) in [5, 5.41) is 24.7. The second-order valence-electron chi connectivity index (χ2n) is 6.73. The summed E-state index contributed by atoms with van der Waals surface area (Å²) in [4.78, 5) is 29.0. The van der Waals surface area contributed by atoms with Crippen molar-refractivity contribution in [2.45, 2.75) is 18.9 Å². The Hall–Kier alpha value is -2.94. The molecule has 1 aliphatic rings. The molecular weight excluding hydrogens is 350 g/mol. The Labute approximate surface area is 156 Å². The molecule has 2 N–H and O–H groups in total. The minimum absolute atomic E-state index is 0.0851. The lowest BCUT2D eigenvalue weighted by atomic mass is 9.91. The smallest absolute Gasteiger partial charge is 0.293 e. The van der Waals surface area contributed by atoms with Gasteiger partial charge in [0.25, 0.3) is 11.6 Å². The number of hydrogen-bond acceptors (Lipinski definition) is 6. The zero-order chi connectivity index (χ0) is 19.6. The number of nitrogens with zero attached hydrogens (tertiary/aromatic N) is 4. The van der Waals surface area contributed by atoms with Crippen LogP contribution in [0.2, 0.25) is 0 Å². The van der Waals surface area contributed by atoms with E-state index in [1.54, 1.807) is 29.1 Å². The van der Waals surface area contributed by atoms with E-state index in [1.165, 1.54) is 13.1 Å². The van der Waals surface area contributed by atoms with Gasteiger partial charge in [-0.2, -0.15) is 0 Å². The average Bonchev–Trinajstić information content (AvgIpc) is 3.12. The normalized spacial score (nSPS) is 18.2. The van der Waals surface area contributed by atoms with Crippen LogP contribution in [-0.2, 0) is 7.05 Å². The van der Waals surface area contributed by atoms with Gasteiger partial charge in [0.1, 0.15) is 17.6 Å². The lowest BCUT2D eigenvalue weighted by Gasteiger charge is -2.36. The van der Waals surface area contributed by atoms with Gasteiger partial charge in [-0.15, -0.1) is 0 Å². The Morgan fingerprint density at radius 2 is 2.26 bits per heavy atom. The maximum Gasteiger partial charge on any atom is 0.293 e. The van der Waals surface area contributed by atoms with Crippen LogP contribution in [0, 0.1) is 16.0 Å². The van der Waals surface area contributed by atoms with Crippen molar-refractivity contribution in [3.63, 3.8) is 0 Å². The third-order valence-electron chi connectivity index (χ3n) is 5.03. The van der Waals surface area contributed by atoms with Crippen LogP contribution in [-0.4, -0.2) is 45.6 Å². The summed E-state index contributed by atoms with van der Waals surface area (Å²) in [6, 6.07) is 4.49. The lowest BCUT2D eigenvalue weighted by Crippen LogP contribution is -2.38. The SMILES string of the molecule is CNC(=O)c1ccc(N2CCCC(C(O)c3nccn3C)C2)c([N+](=O)[O-])c1. The van der Waals surface area contributed by atoms with Crippen LogP contribution < -0.4 is 10.2 Å². The van der Waals surface area contributed by atoms with Crippen molar-refractivity contribution in [2.75, 3.05) is 25.0 Å². The second kappa shape index (κ2) is 7.75. The van der Waals surface area contributed by atoms with E-state index >= 15 is 0 Å². The van der Waals surface area contributed by atoms with Crippen molar-refractivity contribution in [3.05, 3.63) is 52.1 Å². The summed E-state index contributed by atoms with van der Waals surface area (Å²) in [7, 11) is 3.31. The number of nitro benzene ring substituents is 1. The molecule has 9 nitrogen and oxygen atoms in total. The van der Waals surface area contributed by atoms with Crippen molar-refractivity contribution >= 4 is 17.3 Å². The number of aryl methyl sites for hydroxylation is 1. The molecule has 2 atom stereocenters. The molecule has 1 amide bonds. The van der Waals surface area contributed by atoms with Crippen molar-refractivity contribution in [3.8, 4) is 0 Å². The third-order valence-corrected chi connectivity index (χ3v) is 5.03. The van der Waals surface area contributed by atoms with Crippen molar-refractivity contribution in [1.82, 2.24) is 14.9 Å². The topological polar surface area (TPSA) is 114 Å². The number of benzene rings is 1. The molecule has 3 rings (SSSR count). The van der Waals surface area contributed by atoms with Crippen LogP contribution in [0.1, 0.15) is 35.1 Å². The van der Waals surface area contributed by atoms with Gasteiger partial charge in [0.15, 0.2) is 0 Å². The first-order valence-electron chi connectivity index (χ1n) is 8.83. The van der Waals surface area contributed by atoms with Gasteiger partial charge in [-0.3, -0.25) is 14.9 Å². The number of amides is 1. The van der Waals surface area contributed by atoms with E-state index in [-0.39, 0.29) is 23.1 Å². The van der Waals surface area contributed by atoms with Crippen LogP contribution in [0.4, 0.5) is 11.4 Å². The first kappa shape index (κ1) is 18.8. The summed E-state index contributed by atoms with van der Waals surface area (Å²) in [5.41, 5.74) is 0.599. The van der Waals surface area contributed by atoms with Gasteiger partial charge < -0.3 is 19.9 Å². The van der Waals surface area contributed by atoms with E-state index in [4.69, 9.17) is 0 Å². The van der Waals surface area contributed by atoms with Crippen LogP contribution in [0.25, 0.3) is 0 Å². The number of hydrogen-bond donors (Lipinski definition) is 2. The molecule has 2 heterocycles. The number of carbonyl (C=O) groups excluding carboxylic acids is 1. The highest BCUT2D eigenvalue weighted by Gasteiger charge is 2.32. The fourth-order valence-corrected chi connectivity index (χ4v) is 3.58. The Bertz CT molecular complexity index is 850. The summed E-state index contributed by atoms with van der Waals surface area (Å²) in [5.74, 6) is 0.135. The van der Waals surface area contributed by atoms with E-state index in [0.717, 1.165) is 12.8 Å². The zero-order valence-corrected chi connectivity index (χ0v) is 15.3. The fourth-order valence-electron chi connectivity index (χ4n) is 3.58. The van der Waals surface area contributed by atoms with E-state index in [2.05, 4.69) is 10.3 Å². The van der Waals surface area contributed by atoms with Crippen LogP contribution >= 0.6 is 0 Å². The predicted octanol–water partition coefficient (Wildman–Crippen LogP) is 1.64. The van der Waals surface area contributed by atoms with E-state index in [9.17, 15) is 20.0 Å². The molecule has 2 aromatic rings. The van der Waals surface area contributed by atoms with Gasteiger partial charge in [0.05, 0.1) is 4.92 Å². The summed E-state index contributed by atoms with van der Waals surface area (Å²) in [6.07, 6.45) is 4.30. The molecule has 0 radical (unpaired) electrons. The monoisotopic (exact) mass is 373 g/mol. The molecule has 0 bridgehead atoms. The maximum atomic E-state index is 11.8. The zero-order valence-electron chi connectivity index (χ0n) is 15.3. The van der Waals surface area contributed by atoms with E-state index < -0.39 is 11.0 Å². The van der Waals surface area contributed by atoms with Gasteiger partial charge in [-0.05, 0) is 25.0 Å². The number of aliphatic hydroxyl groups excluding tert-OH is 1. The standard InChI is InChI=1S/C18H23N5O4/c1-19-18(25)12-5-6-14(15(10-12)23(26)27)22-8-3-4-13(11-22)16(24)17-20-7-9-21(17)2/h5-7,9-10,13,16,24H,3-4,8,11H2,1-2H3,(H,19,25). The Morgan fingerprint density at radius 3 is 2.89 bits per heavy atom. The van der Waals surface area contributed by atoms with Gasteiger partial charge in [-0.1, -0.05) is 0 Å². The molecule has 27 heavy (non-hydrogen) atoms. The van der Waals surface area contributed by atoms with Gasteiger partial charge >= 0.3 is 0 Å². The van der Waals surface area contributed by atoms with Crippen LogP contribution in [0.3, 0.4) is 0 Å². The van der Waals surface area contributed by atoms with E-state index in [0.29, 0.717) is 24.6 Å². The van der Waals surface area contributed by atoms with Crippen molar-refractivity contribution in [2.24, 2.45) is 13.0 Å². The highest BCUT2D eigenvalue weighted by atomic mass is 16.6. The number of nitro groups is 1. The molecule has 0 saturated carbocycles.